The molecule has 0 radical (unpaired) electrons. The lowest BCUT2D eigenvalue weighted by Crippen LogP contribution is -2.35. The lowest BCUT2D eigenvalue weighted by atomic mass is 9.94. The van der Waals surface area contributed by atoms with Gasteiger partial charge in [0.25, 0.3) is 0 Å². The number of amides is 1. The van der Waals surface area contributed by atoms with Crippen molar-refractivity contribution >= 4 is 5.91 Å². The van der Waals surface area contributed by atoms with Gasteiger partial charge >= 0.3 is 0 Å². The van der Waals surface area contributed by atoms with E-state index in [4.69, 9.17) is 5.26 Å². The van der Waals surface area contributed by atoms with E-state index in [1.165, 1.54) is 0 Å². The monoisotopic (exact) mass is 223 g/mol. The Morgan fingerprint density at radius 2 is 2.19 bits per heavy atom. The molecule has 1 heterocycles. The standard InChI is InChI=1S/C12H21N3O/c1-2-15(9-3-6-13)12(16)10-11-4-7-14-8-5-11/h11,14H,2-5,7-10H2,1H3. The molecule has 0 aliphatic carbocycles. The van der Waals surface area contributed by atoms with E-state index in [-0.39, 0.29) is 5.91 Å². The van der Waals surface area contributed by atoms with Crippen molar-refractivity contribution < 1.29 is 4.79 Å². The first-order valence-electron chi connectivity index (χ1n) is 6.13. The van der Waals surface area contributed by atoms with Gasteiger partial charge in [-0.3, -0.25) is 4.79 Å². The molecule has 4 heteroatoms. The van der Waals surface area contributed by atoms with Crippen LogP contribution in [0, 0.1) is 17.2 Å². The summed E-state index contributed by atoms with van der Waals surface area (Å²) in [6.07, 6.45) is 3.29. The zero-order chi connectivity index (χ0) is 11.8. The van der Waals surface area contributed by atoms with E-state index >= 15 is 0 Å². The second kappa shape index (κ2) is 7.24. The van der Waals surface area contributed by atoms with Crippen molar-refractivity contribution in [3.8, 4) is 6.07 Å². The van der Waals surface area contributed by atoms with Gasteiger partial charge in [0, 0.05) is 19.5 Å². The maximum atomic E-state index is 11.9. The molecule has 0 unspecified atom stereocenters. The van der Waals surface area contributed by atoms with Crippen LogP contribution in [-0.4, -0.2) is 37.0 Å². The molecule has 1 N–H and O–H groups in total. The van der Waals surface area contributed by atoms with Crippen LogP contribution in [0.5, 0.6) is 0 Å². The van der Waals surface area contributed by atoms with E-state index in [1.807, 2.05) is 6.92 Å². The minimum Gasteiger partial charge on any atom is -0.342 e. The molecule has 0 saturated carbocycles. The summed E-state index contributed by atoms with van der Waals surface area (Å²) in [5, 5.41) is 11.8. The van der Waals surface area contributed by atoms with Crippen molar-refractivity contribution in [2.45, 2.75) is 32.6 Å². The number of nitrogens with zero attached hydrogens (tertiary/aromatic N) is 2. The largest absolute Gasteiger partial charge is 0.342 e. The van der Waals surface area contributed by atoms with Crippen LogP contribution in [0.4, 0.5) is 0 Å². The first-order valence-corrected chi connectivity index (χ1v) is 6.13. The van der Waals surface area contributed by atoms with Crippen molar-refractivity contribution in [3.63, 3.8) is 0 Å². The third-order valence-corrected chi connectivity index (χ3v) is 3.15. The van der Waals surface area contributed by atoms with Crippen molar-refractivity contribution in [1.82, 2.24) is 10.2 Å². The molecule has 0 atom stereocenters. The van der Waals surface area contributed by atoms with Crippen LogP contribution in [-0.2, 0) is 4.79 Å². The minimum absolute atomic E-state index is 0.213. The summed E-state index contributed by atoms with van der Waals surface area (Å²) >= 11 is 0. The molecule has 0 aromatic carbocycles. The number of carbonyl (C=O) groups is 1. The smallest absolute Gasteiger partial charge is 0.222 e. The molecule has 1 rings (SSSR count). The molecule has 0 spiro atoms. The van der Waals surface area contributed by atoms with Gasteiger partial charge in [-0.05, 0) is 38.8 Å². The van der Waals surface area contributed by atoms with Crippen LogP contribution in [0.25, 0.3) is 0 Å². The van der Waals surface area contributed by atoms with E-state index in [0.29, 0.717) is 31.8 Å². The van der Waals surface area contributed by atoms with E-state index in [1.54, 1.807) is 4.90 Å². The highest BCUT2D eigenvalue weighted by Gasteiger charge is 2.19. The quantitative estimate of drug-likeness (QED) is 0.760. The molecule has 0 bridgehead atoms. The van der Waals surface area contributed by atoms with Crippen molar-refractivity contribution in [3.05, 3.63) is 0 Å². The maximum absolute atomic E-state index is 11.9. The van der Waals surface area contributed by atoms with Gasteiger partial charge in [0.2, 0.25) is 5.91 Å². The molecule has 1 fully saturated rings. The van der Waals surface area contributed by atoms with Gasteiger partial charge in [-0.15, -0.1) is 0 Å². The molecular formula is C12H21N3O. The summed E-state index contributed by atoms with van der Waals surface area (Å²) in [5.41, 5.74) is 0. The summed E-state index contributed by atoms with van der Waals surface area (Å²) in [6, 6.07) is 2.09. The second-order valence-corrected chi connectivity index (χ2v) is 4.28. The molecule has 0 aromatic heterocycles. The average molecular weight is 223 g/mol. The maximum Gasteiger partial charge on any atom is 0.222 e. The predicted molar refractivity (Wildman–Crippen MR) is 62.7 cm³/mol. The van der Waals surface area contributed by atoms with Gasteiger partial charge in [-0.2, -0.15) is 5.26 Å². The molecule has 90 valence electrons. The Balaban J connectivity index is 2.33. The molecule has 16 heavy (non-hydrogen) atoms. The minimum atomic E-state index is 0.213. The molecule has 1 aliphatic heterocycles. The normalized spacial score (nSPS) is 16.8. The van der Waals surface area contributed by atoms with Gasteiger partial charge < -0.3 is 10.2 Å². The van der Waals surface area contributed by atoms with Crippen molar-refractivity contribution in [2.75, 3.05) is 26.2 Å². The molecule has 0 aromatic rings. The Kier molecular flexibility index (Phi) is 5.87. The lowest BCUT2D eigenvalue weighted by Gasteiger charge is -2.26. The van der Waals surface area contributed by atoms with E-state index in [9.17, 15) is 4.79 Å². The number of nitriles is 1. The third kappa shape index (κ3) is 4.19. The number of rotatable bonds is 5. The molecule has 1 saturated heterocycles. The van der Waals surface area contributed by atoms with Gasteiger partial charge in [0.05, 0.1) is 12.5 Å². The van der Waals surface area contributed by atoms with E-state index in [0.717, 1.165) is 25.9 Å². The highest BCUT2D eigenvalue weighted by Crippen LogP contribution is 2.17. The SMILES string of the molecule is CCN(CCC#N)C(=O)CC1CCNCC1. The molecule has 1 aliphatic rings. The Morgan fingerprint density at radius 1 is 1.50 bits per heavy atom. The highest BCUT2D eigenvalue weighted by molar-refractivity contribution is 5.76. The fraction of sp³-hybridized carbons (Fsp3) is 0.833. The molecule has 1 amide bonds. The third-order valence-electron chi connectivity index (χ3n) is 3.15. The average Bonchev–Trinajstić information content (AvgIpc) is 2.31. The van der Waals surface area contributed by atoms with E-state index in [2.05, 4.69) is 11.4 Å². The summed E-state index contributed by atoms with van der Waals surface area (Å²) in [4.78, 5) is 13.7. The fourth-order valence-corrected chi connectivity index (χ4v) is 2.11. The summed E-state index contributed by atoms with van der Waals surface area (Å²) < 4.78 is 0. The molecular weight excluding hydrogens is 202 g/mol. The number of piperidine rings is 1. The second-order valence-electron chi connectivity index (χ2n) is 4.28. The lowest BCUT2D eigenvalue weighted by molar-refractivity contribution is -0.132. The summed E-state index contributed by atoms with van der Waals surface area (Å²) in [5.74, 6) is 0.745. The number of carbonyl (C=O) groups excluding carboxylic acids is 1. The van der Waals surface area contributed by atoms with Gasteiger partial charge in [0.15, 0.2) is 0 Å². The Labute approximate surface area is 97.6 Å². The summed E-state index contributed by atoms with van der Waals surface area (Å²) in [6.45, 7) is 5.32. The van der Waals surface area contributed by atoms with Crippen LogP contribution in [0.1, 0.15) is 32.6 Å². The predicted octanol–water partition coefficient (Wildman–Crippen LogP) is 1.14. The van der Waals surface area contributed by atoms with Crippen molar-refractivity contribution in [2.24, 2.45) is 5.92 Å². The first kappa shape index (κ1) is 13.0. The first-order chi connectivity index (χ1) is 7.77. The number of nitrogens with one attached hydrogen (secondary N) is 1. The van der Waals surface area contributed by atoms with Crippen LogP contribution >= 0.6 is 0 Å². The summed E-state index contributed by atoms with van der Waals surface area (Å²) in [7, 11) is 0. The van der Waals surface area contributed by atoms with Crippen LogP contribution < -0.4 is 5.32 Å². The molecule has 4 nitrogen and oxygen atoms in total. The van der Waals surface area contributed by atoms with Gasteiger partial charge in [-0.1, -0.05) is 0 Å². The zero-order valence-corrected chi connectivity index (χ0v) is 10.0. The van der Waals surface area contributed by atoms with Gasteiger partial charge in [-0.25, -0.2) is 0 Å². The Morgan fingerprint density at radius 3 is 2.75 bits per heavy atom. The zero-order valence-electron chi connectivity index (χ0n) is 10.0. The Bertz CT molecular complexity index is 253. The van der Waals surface area contributed by atoms with E-state index < -0.39 is 0 Å². The highest BCUT2D eigenvalue weighted by atomic mass is 16.2. The van der Waals surface area contributed by atoms with Crippen molar-refractivity contribution in [1.29, 1.82) is 5.26 Å². The number of hydrogen-bond acceptors (Lipinski definition) is 3. The number of hydrogen-bond donors (Lipinski definition) is 1. The van der Waals surface area contributed by atoms with Crippen LogP contribution in [0.3, 0.4) is 0 Å². The van der Waals surface area contributed by atoms with Gasteiger partial charge in [0.1, 0.15) is 0 Å². The fourth-order valence-electron chi connectivity index (χ4n) is 2.11. The Hall–Kier alpha value is -1.08. The van der Waals surface area contributed by atoms with Crippen LogP contribution in [0.15, 0.2) is 0 Å². The van der Waals surface area contributed by atoms with Crippen LogP contribution in [0.2, 0.25) is 0 Å². The topological polar surface area (TPSA) is 56.1 Å².